The molecule has 1 fully saturated rings. The van der Waals surface area contributed by atoms with E-state index in [1.54, 1.807) is 4.90 Å². The number of aromatic nitrogens is 2. The van der Waals surface area contributed by atoms with E-state index in [4.69, 9.17) is 12.2 Å². The SMILES string of the molecule is Cc1cccc(NC(=O)CN2CCN(C(=O)c3cc(F)cc4[nH]c(=S)[nH]c34)CC2)c1C. The molecule has 1 saturated heterocycles. The van der Waals surface area contributed by atoms with Crippen LogP contribution >= 0.6 is 12.2 Å². The highest BCUT2D eigenvalue weighted by atomic mass is 32.1. The number of nitrogens with zero attached hydrogens (tertiary/aromatic N) is 2. The molecule has 1 aliphatic rings. The first-order chi connectivity index (χ1) is 14.8. The van der Waals surface area contributed by atoms with Crippen molar-refractivity contribution in [3.8, 4) is 0 Å². The summed E-state index contributed by atoms with van der Waals surface area (Å²) in [6, 6.07) is 8.36. The number of aryl methyl sites for hydroxylation is 1. The summed E-state index contributed by atoms with van der Waals surface area (Å²) in [5.41, 5.74) is 4.22. The van der Waals surface area contributed by atoms with E-state index < -0.39 is 5.82 Å². The van der Waals surface area contributed by atoms with Gasteiger partial charge in [-0.1, -0.05) is 12.1 Å². The number of nitrogens with one attached hydrogen (secondary N) is 3. The third-order valence-electron chi connectivity index (χ3n) is 5.73. The number of rotatable bonds is 4. The Kier molecular flexibility index (Phi) is 5.88. The third kappa shape index (κ3) is 4.52. The molecule has 162 valence electrons. The van der Waals surface area contributed by atoms with Crippen LogP contribution in [0.25, 0.3) is 11.0 Å². The number of carbonyl (C=O) groups is 2. The van der Waals surface area contributed by atoms with Crippen LogP contribution in [0.3, 0.4) is 0 Å². The van der Waals surface area contributed by atoms with Gasteiger partial charge in [-0.2, -0.15) is 0 Å². The van der Waals surface area contributed by atoms with E-state index in [1.165, 1.54) is 12.1 Å². The number of piperazine rings is 1. The first-order valence-electron chi connectivity index (χ1n) is 10.1. The quantitative estimate of drug-likeness (QED) is 0.542. The number of carbonyl (C=O) groups excluding carboxylic acids is 2. The van der Waals surface area contributed by atoms with E-state index in [-0.39, 0.29) is 23.9 Å². The summed E-state index contributed by atoms with van der Waals surface area (Å²) >= 11 is 5.07. The lowest BCUT2D eigenvalue weighted by Crippen LogP contribution is -2.50. The molecular formula is C22H24FN5O2S. The van der Waals surface area contributed by atoms with Gasteiger partial charge in [-0.25, -0.2) is 4.39 Å². The van der Waals surface area contributed by atoms with Crippen LogP contribution in [-0.2, 0) is 4.79 Å². The van der Waals surface area contributed by atoms with E-state index in [9.17, 15) is 14.0 Å². The zero-order valence-corrected chi connectivity index (χ0v) is 18.2. The van der Waals surface area contributed by atoms with Gasteiger partial charge in [-0.15, -0.1) is 0 Å². The summed E-state index contributed by atoms with van der Waals surface area (Å²) in [7, 11) is 0. The van der Waals surface area contributed by atoms with Gasteiger partial charge >= 0.3 is 0 Å². The molecular weight excluding hydrogens is 417 g/mol. The summed E-state index contributed by atoms with van der Waals surface area (Å²) in [4.78, 5) is 34.9. The monoisotopic (exact) mass is 441 g/mol. The number of aromatic amines is 2. The molecule has 4 rings (SSSR count). The molecule has 3 N–H and O–H groups in total. The second kappa shape index (κ2) is 8.60. The van der Waals surface area contributed by atoms with Gasteiger partial charge in [-0.3, -0.25) is 14.5 Å². The number of halogens is 1. The maximum absolute atomic E-state index is 14.0. The van der Waals surface area contributed by atoms with Crippen molar-refractivity contribution >= 4 is 40.8 Å². The highest BCUT2D eigenvalue weighted by Crippen LogP contribution is 2.21. The number of imidazole rings is 1. The highest BCUT2D eigenvalue weighted by molar-refractivity contribution is 7.71. The summed E-state index contributed by atoms with van der Waals surface area (Å²) in [6.45, 7) is 6.28. The van der Waals surface area contributed by atoms with Crippen LogP contribution in [0.15, 0.2) is 30.3 Å². The lowest BCUT2D eigenvalue weighted by molar-refractivity contribution is -0.117. The first kappa shape index (κ1) is 21.2. The van der Waals surface area contributed by atoms with E-state index in [0.717, 1.165) is 16.8 Å². The number of hydrogen-bond acceptors (Lipinski definition) is 4. The Morgan fingerprint density at radius 3 is 2.61 bits per heavy atom. The summed E-state index contributed by atoms with van der Waals surface area (Å²) in [5, 5.41) is 2.97. The van der Waals surface area contributed by atoms with Gasteiger partial charge in [0.2, 0.25) is 5.91 Å². The molecule has 9 heteroatoms. The average Bonchev–Trinajstić information content (AvgIpc) is 3.10. The second-order valence-electron chi connectivity index (χ2n) is 7.82. The first-order valence-corrected chi connectivity index (χ1v) is 10.5. The predicted molar refractivity (Wildman–Crippen MR) is 120 cm³/mol. The predicted octanol–water partition coefficient (Wildman–Crippen LogP) is 3.38. The smallest absolute Gasteiger partial charge is 0.256 e. The Morgan fingerprint density at radius 1 is 1.13 bits per heavy atom. The molecule has 0 unspecified atom stereocenters. The molecule has 1 aromatic heterocycles. The van der Waals surface area contributed by atoms with Crippen molar-refractivity contribution in [2.75, 3.05) is 38.0 Å². The molecule has 3 aromatic rings. The second-order valence-corrected chi connectivity index (χ2v) is 8.23. The fourth-order valence-electron chi connectivity index (χ4n) is 3.83. The van der Waals surface area contributed by atoms with Crippen LogP contribution in [0.1, 0.15) is 21.5 Å². The molecule has 2 heterocycles. The Balaban J connectivity index is 1.38. The van der Waals surface area contributed by atoms with E-state index in [0.29, 0.717) is 42.0 Å². The van der Waals surface area contributed by atoms with Crippen molar-refractivity contribution in [3.05, 3.63) is 57.6 Å². The van der Waals surface area contributed by atoms with Crippen molar-refractivity contribution in [1.29, 1.82) is 0 Å². The number of anilines is 1. The topological polar surface area (TPSA) is 84.2 Å². The van der Waals surface area contributed by atoms with Crippen molar-refractivity contribution in [2.24, 2.45) is 0 Å². The normalized spacial score (nSPS) is 14.7. The van der Waals surface area contributed by atoms with Crippen molar-refractivity contribution < 1.29 is 14.0 Å². The fraction of sp³-hybridized carbons (Fsp3) is 0.318. The highest BCUT2D eigenvalue weighted by Gasteiger charge is 2.25. The third-order valence-corrected chi connectivity index (χ3v) is 5.93. The van der Waals surface area contributed by atoms with Gasteiger partial charge in [-0.05, 0) is 55.4 Å². The molecule has 0 bridgehead atoms. The Morgan fingerprint density at radius 2 is 1.87 bits per heavy atom. The lowest BCUT2D eigenvalue weighted by atomic mass is 10.1. The van der Waals surface area contributed by atoms with Gasteiger partial charge < -0.3 is 20.2 Å². The summed E-state index contributed by atoms with van der Waals surface area (Å²) in [6.07, 6.45) is 0. The molecule has 0 saturated carbocycles. The van der Waals surface area contributed by atoms with Crippen LogP contribution in [0.5, 0.6) is 0 Å². The number of H-pyrrole nitrogens is 2. The van der Waals surface area contributed by atoms with Crippen LogP contribution in [0, 0.1) is 24.4 Å². The molecule has 0 aliphatic carbocycles. The molecule has 31 heavy (non-hydrogen) atoms. The number of benzene rings is 2. The van der Waals surface area contributed by atoms with Crippen molar-refractivity contribution in [2.45, 2.75) is 13.8 Å². The van der Waals surface area contributed by atoms with Crippen molar-refractivity contribution in [3.63, 3.8) is 0 Å². The molecule has 1 aliphatic heterocycles. The van der Waals surface area contributed by atoms with Gasteiger partial charge in [0.1, 0.15) is 5.82 Å². The van der Waals surface area contributed by atoms with Crippen LogP contribution in [0.4, 0.5) is 10.1 Å². The summed E-state index contributed by atoms with van der Waals surface area (Å²) in [5.74, 6) is -0.836. The van der Waals surface area contributed by atoms with Gasteiger partial charge in [0.05, 0.1) is 23.1 Å². The number of hydrogen-bond donors (Lipinski definition) is 3. The molecule has 2 amide bonds. The minimum atomic E-state index is -0.497. The molecule has 0 atom stereocenters. The lowest BCUT2D eigenvalue weighted by Gasteiger charge is -2.34. The van der Waals surface area contributed by atoms with Crippen molar-refractivity contribution in [1.82, 2.24) is 19.8 Å². The molecule has 0 spiro atoms. The minimum Gasteiger partial charge on any atom is -0.336 e. The van der Waals surface area contributed by atoms with E-state index in [2.05, 4.69) is 15.3 Å². The van der Waals surface area contributed by atoms with Crippen LogP contribution in [0.2, 0.25) is 0 Å². The zero-order valence-electron chi connectivity index (χ0n) is 17.4. The fourth-order valence-corrected chi connectivity index (χ4v) is 4.05. The van der Waals surface area contributed by atoms with Crippen LogP contribution in [-0.4, -0.2) is 64.3 Å². The minimum absolute atomic E-state index is 0.0831. The maximum Gasteiger partial charge on any atom is 0.256 e. The molecule has 2 aromatic carbocycles. The number of amides is 2. The Labute approximate surface area is 184 Å². The van der Waals surface area contributed by atoms with Gasteiger partial charge in [0, 0.05) is 31.9 Å². The summed E-state index contributed by atoms with van der Waals surface area (Å²) < 4.78 is 14.3. The average molecular weight is 442 g/mol. The van der Waals surface area contributed by atoms with Gasteiger partial charge in [0.15, 0.2) is 4.77 Å². The van der Waals surface area contributed by atoms with Crippen LogP contribution < -0.4 is 5.32 Å². The maximum atomic E-state index is 14.0. The standard InChI is InChI=1S/C22H24FN5O2S/c1-13-4-3-5-17(14(13)2)24-19(29)12-27-6-8-28(9-7-27)21(30)16-10-15(23)11-18-20(16)26-22(31)25-18/h3-5,10-11H,6-9,12H2,1-2H3,(H,24,29)(H2,25,26,31). The van der Waals surface area contributed by atoms with E-state index in [1.807, 2.05) is 36.9 Å². The van der Waals surface area contributed by atoms with Gasteiger partial charge in [0.25, 0.3) is 5.91 Å². The molecule has 0 radical (unpaired) electrons. The van der Waals surface area contributed by atoms with E-state index >= 15 is 0 Å². The Hall–Kier alpha value is -3.04. The molecule has 7 nitrogen and oxygen atoms in total. The largest absolute Gasteiger partial charge is 0.336 e. The zero-order chi connectivity index (χ0) is 22.1. The Bertz CT molecular complexity index is 1210. The number of fused-ring (bicyclic) bond motifs is 1.